The van der Waals surface area contributed by atoms with E-state index in [1.807, 2.05) is 55.5 Å². The van der Waals surface area contributed by atoms with Gasteiger partial charge in [-0.1, -0.05) is 71.9 Å². The first-order valence-electron chi connectivity index (χ1n) is 13.3. The van der Waals surface area contributed by atoms with Crippen LogP contribution in [0, 0.1) is 6.92 Å². The van der Waals surface area contributed by atoms with Gasteiger partial charge in [0.2, 0.25) is 0 Å². The number of carbonyl (C=O) groups excluding carboxylic acids is 2. The van der Waals surface area contributed by atoms with Crippen molar-refractivity contribution in [2.45, 2.75) is 51.8 Å². The maximum atomic E-state index is 13.0. The Morgan fingerprint density at radius 1 is 1.02 bits per heavy atom. The molecule has 0 spiro atoms. The van der Waals surface area contributed by atoms with Crippen molar-refractivity contribution < 1.29 is 28.0 Å². The second-order valence-electron chi connectivity index (χ2n) is 9.98. The normalized spacial score (nSPS) is 14.3. The molecule has 7 nitrogen and oxygen atoms in total. The summed E-state index contributed by atoms with van der Waals surface area (Å²) in [6.45, 7) is 5.07. The van der Waals surface area contributed by atoms with Gasteiger partial charge in [-0.15, -0.1) is 0 Å². The summed E-state index contributed by atoms with van der Waals surface area (Å²) in [4.78, 5) is 25.1. The molecule has 0 unspecified atom stereocenters. The summed E-state index contributed by atoms with van der Waals surface area (Å²) < 4.78 is 29.4. The summed E-state index contributed by atoms with van der Waals surface area (Å²) in [7, 11) is 0. The zero-order chi connectivity index (χ0) is 28.3. The zero-order valence-corrected chi connectivity index (χ0v) is 22.7. The molecular formula is C32H31FN2O5. The molecule has 0 bridgehead atoms. The first kappa shape index (κ1) is 27.1. The number of hydrogen-bond acceptors (Lipinski definition) is 6. The van der Waals surface area contributed by atoms with Crippen LogP contribution >= 0.6 is 0 Å². The van der Waals surface area contributed by atoms with Gasteiger partial charge in [0.1, 0.15) is 24.2 Å². The number of halogens is 1. The Morgan fingerprint density at radius 2 is 1.68 bits per heavy atom. The number of nitrogens with one attached hydrogen (secondary N) is 1. The summed E-state index contributed by atoms with van der Waals surface area (Å²) in [6, 6.07) is 22.6. The minimum Gasteiger partial charge on any atom is -0.465 e. The summed E-state index contributed by atoms with van der Waals surface area (Å²) in [5.41, 5.74) is 5.37. The summed E-state index contributed by atoms with van der Waals surface area (Å²) in [5.74, 6) is 0.261. The van der Waals surface area contributed by atoms with Crippen LogP contribution in [0.2, 0.25) is 0 Å². The predicted molar refractivity (Wildman–Crippen MR) is 149 cm³/mol. The number of nitrogens with zero attached hydrogens (tertiary/aromatic N) is 1. The van der Waals surface area contributed by atoms with Crippen molar-refractivity contribution in [3.8, 4) is 22.5 Å². The van der Waals surface area contributed by atoms with E-state index in [4.69, 9.17) is 14.0 Å². The Kier molecular flexibility index (Phi) is 7.69. The van der Waals surface area contributed by atoms with Crippen LogP contribution in [-0.2, 0) is 26.4 Å². The van der Waals surface area contributed by atoms with Crippen LogP contribution in [0.4, 0.5) is 14.9 Å². The number of rotatable bonds is 9. The highest BCUT2D eigenvalue weighted by Crippen LogP contribution is 2.49. The number of hydrogen-bond donors (Lipinski definition) is 1. The molecule has 40 heavy (non-hydrogen) atoms. The van der Waals surface area contributed by atoms with Crippen molar-refractivity contribution in [2.24, 2.45) is 0 Å². The first-order valence-corrected chi connectivity index (χ1v) is 13.3. The third-order valence-corrected chi connectivity index (χ3v) is 7.28. The van der Waals surface area contributed by atoms with Gasteiger partial charge in [-0.25, -0.2) is 9.18 Å². The molecule has 1 heterocycles. The van der Waals surface area contributed by atoms with E-state index >= 15 is 0 Å². The van der Waals surface area contributed by atoms with E-state index in [9.17, 15) is 14.0 Å². The Bertz CT molecular complexity index is 1510. The van der Waals surface area contributed by atoms with E-state index in [1.54, 1.807) is 38.1 Å². The molecule has 1 aromatic heterocycles. The lowest BCUT2D eigenvalue weighted by Gasteiger charge is -2.15. The molecule has 0 radical (unpaired) electrons. The SMILES string of the molecule is CCOC(=O)C1(c2ccc(-c3ccc(-c4onc(C)c4NC(=O)O[C@H](C)c4cccc(CF)c4)cc3)cc2)CC1. The fourth-order valence-electron chi connectivity index (χ4n) is 4.80. The van der Waals surface area contributed by atoms with E-state index in [2.05, 4.69) is 10.5 Å². The lowest BCUT2D eigenvalue weighted by molar-refractivity contribution is -0.146. The fourth-order valence-corrected chi connectivity index (χ4v) is 4.80. The molecule has 1 fully saturated rings. The molecule has 3 aromatic carbocycles. The number of alkyl halides is 1. The monoisotopic (exact) mass is 542 g/mol. The van der Waals surface area contributed by atoms with Gasteiger partial charge >= 0.3 is 12.1 Å². The molecule has 1 amide bonds. The van der Waals surface area contributed by atoms with Crippen molar-refractivity contribution in [3.05, 3.63) is 95.2 Å². The van der Waals surface area contributed by atoms with Gasteiger partial charge in [0.05, 0.1) is 12.0 Å². The average Bonchev–Trinajstić information content (AvgIpc) is 3.72. The largest absolute Gasteiger partial charge is 0.465 e. The third kappa shape index (κ3) is 5.47. The number of aromatic nitrogens is 1. The minimum absolute atomic E-state index is 0.150. The van der Waals surface area contributed by atoms with E-state index in [0.717, 1.165) is 35.1 Å². The minimum atomic E-state index is -0.668. The van der Waals surface area contributed by atoms with E-state index in [-0.39, 0.29) is 5.97 Å². The molecule has 8 heteroatoms. The van der Waals surface area contributed by atoms with Crippen molar-refractivity contribution in [1.82, 2.24) is 5.16 Å². The van der Waals surface area contributed by atoms with Gasteiger partial charge in [0.25, 0.3) is 0 Å². The average molecular weight is 543 g/mol. The Morgan fingerprint density at radius 3 is 2.30 bits per heavy atom. The molecule has 1 aliphatic rings. The maximum absolute atomic E-state index is 13.0. The van der Waals surface area contributed by atoms with E-state index < -0.39 is 24.3 Å². The van der Waals surface area contributed by atoms with Crippen LogP contribution in [0.25, 0.3) is 22.5 Å². The molecule has 0 aliphatic heterocycles. The van der Waals surface area contributed by atoms with Gasteiger partial charge in [0, 0.05) is 5.56 Å². The second-order valence-corrected chi connectivity index (χ2v) is 9.98. The van der Waals surface area contributed by atoms with Gasteiger partial charge < -0.3 is 14.0 Å². The Hall–Kier alpha value is -4.46. The highest BCUT2D eigenvalue weighted by atomic mass is 19.1. The van der Waals surface area contributed by atoms with Gasteiger partial charge in [-0.3, -0.25) is 10.1 Å². The van der Waals surface area contributed by atoms with Crippen molar-refractivity contribution in [1.29, 1.82) is 0 Å². The molecule has 4 aromatic rings. The molecule has 1 atom stereocenters. The maximum Gasteiger partial charge on any atom is 0.412 e. The number of anilines is 1. The Balaban J connectivity index is 1.28. The van der Waals surface area contributed by atoms with E-state index in [0.29, 0.717) is 34.9 Å². The summed E-state index contributed by atoms with van der Waals surface area (Å²) in [6.07, 6.45) is 0.378. The van der Waals surface area contributed by atoms with Crippen LogP contribution < -0.4 is 5.32 Å². The highest BCUT2D eigenvalue weighted by molar-refractivity contribution is 5.91. The summed E-state index contributed by atoms with van der Waals surface area (Å²) >= 11 is 0. The molecule has 206 valence electrons. The van der Waals surface area contributed by atoms with Crippen LogP contribution in [0.5, 0.6) is 0 Å². The number of ether oxygens (including phenoxy) is 2. The molecule has 1 saturated carbocycles. The standard InChI is InChI=1S/C32H31FN2O5/c1-4-38-30(36)32(16-17-32)27-14-12-24(13-15-27)23-8-10-25(11-9-23)29-28(20(2)35-40-29)34-31(37)39-21(3)26-7-5-6-22(18-26)19-33/h5-15,18,21H,4,16-17,19H2,1-3H3,(H,34,37)/t21-/m1/s1. The van der Waals surface area contributed by atoms with Gasteiger partial charge in [-0.05, 0) is 67.5 Å². The van der Waals surface area contributed by atoms with Crippen molar-refractivity contribution >= 4 is 17.7 Å². The van der Waals surface area contributed by atoms with Gasteiger partial charge in [0.15, 0.2) is 5.76 Å². The number of amides is 1. The number of aryl methyl sites for hydroxylation is 1. The molecule has 5 rings (SSSR count). The molecular weight excluding hydrogens is 511 g/mol. The lowest BCUT2D eigenvalue weighted by Crippen LogP contribution is -2.23. The fraction of sp³-hybridized carbons (Fsp3) is 0.281. The van der Waals surface area contributed by atoms with Crippen molar-refractivity contribution in [3.63, 3.8) is 0 Å². The number of carbonyl (C=O) groups is 2. The van der Waals surface area contributed by atoms with Crippen LogP contribution in [0.3, 0.4) is 0 Å². The molecule has 1 N–H and O–H groups in total. The third-order valence-electron chi connectivity index (χ3n) is 7.28. The number of esters is 1. The smallest absolute Gasteiger partial charge is 0.412 e. The topological polar surface area (TPSA) is 90.7 Å². The zero-order valence-electron chi connectivity index (χ0n) is 22.7. The predicted octanol–water partition coefficient (Wildman–Crippen LogP) is 7.69. The Labute approximate surface area is 232 Å². The molecule has 0 saturated heterocycles. The first-order chi connectivity index (χ1) is 19.3. The van der Waals surface area contributed by atoms with Crippen molar-refractivity contribution in [2.75, 3.05) is 11.9 Å². The van der Waals surface area contributed by atoms with E-state index in [1.165, 1.54) is 0 Å². The van der Waals surface area contributed by atoms with Crippen LogP contribution in [-0.4, -0.2) is 23.8 Å². The van der Waals surface area contributed by atoms with Crippen LogP contribution in [0.15, 0.2) is 77.3 Å². The quantitative estimate of drug-likeness (QED) is 0.218. The number of benzene rings is 3. The molecule has 1 aliphatic carbocycles. The summed E-state index contributed by atoms with van der Waals surface area (Å²) in [5, 5.41) is 6.78. The van der Waals surface area contributed by atoms with Crippen LogP contribution in [0.1, 0.15) is 55.2 Å². The lowest BCUT2D eigenvalue weighted by atomic mass is 9.93. The highest BCUT2D eigenvalue weighted by Gasteiger charge is 2.52. The van der Waals surface area contributed by atoms with Gasteiger partial charge in [-0.2, -0.15) is 0 Å². The second kappa shape index (κ2) is 11.3.